The second kappa shape index (κ2) is 5.55. The Kier molecular flexibility index (Phi) is 4.35. The molecule has 0 bridgehead atoms. The summed E-state index contributed by atoms with van der Waals surface area (Å²) in [4.78, 5) is 17.9. The lowest BCUT2D eigenvalue weighted by Gasteiger charge is -2.05. The molecule has 1 aromatic heterocycles. The van der Waals surface area contributed by atoms with Gasteiger partial charge in [0.15, 0.2) is 5.69 Å². The molecule has 94 valence electrons. The van der Waals surface area contributed by atoms with E-state index in [1.54, 1.807) is 0 Å². The Labute approximate surface area is 98.1 Å². The molecule has 0 spiro atoms. The Balaban J connectivity index is 2.40. The Morgan fingerprint density at radius 2 is 2.06 bits per heavy atom. The number of hydrogen-bond acceptors (Lipinski definition) is 6. The van der Waals surface area contributed by atoms with Gasteiger partial charge in [0.05, 0.1) is 18.6 Å². The van der Waals surface area contributed by atoms with Gasteiger partial charge < -0.3 is 10.4 Å². The van der Waals surface area contributed by atoms with Crippen molar-refractivity contribution >= 4 is 21.8 Å². The van der Waals surface area contributed by atoms with Crippen molar-refractivity contribution in [3.05, 3.63) is 18.1 Å². The molecule has 0 aliphatic rings. The Morgan fingerprint density at radius 1 is 1.35 bits per heavy atom. The molecule has 8 nitrogen and oxygen atoms in total. The van der Waals surface area contributed by atoms with E-state index in [9.17, 15) is 13.2 Å². The first kappa shape index (κ1) is 13.3. The summed E-state index contributed by atoms with van der Waals surface area (Å²) in [5.74, 6) is -0.770. The van der Waals surface area contributed by atoms with Gasteiger partial charge in [-0.15, -0.1) is 0 Å². The van der Waals surface area contributed by atoms with Crippen LogP contribution in [0.25, 0.3) is 0 Å². The van der Waals surface area contributed by atoms with Crippen LogP contribution in [0.2, 0.25) is 0 Å². The Bertz CT molecular complexity index is 485. The molecule has 1 heterocycles. The second-order valence-electron chi connectivity index (χ2n) is 3.19. The summed E-state index contributed by atoms with van der Waals surface area (Å²) in [5.41, 5.74) is -0.148. The molecule has 0 saturated heterocycles. The van der Waals surface area contributed by atoms with Crippen LogP contribution < -0.4 is 10.0 Å². The number of carboxylic acids is 1. The lowest BCUT2D eigenvalue weighted by molar-refractivity contribution is 0.0690. The molecule has 0 atom stereocenters. The van der Waals surface area contributed by atoms with Crippen LogP contribution in [-0.2, 0) is 10.0 Å². The first-order chi connectivity index (χ1) is 7.88. The predicted octanol–water partition coefficient (Wildman–Crippen LogP) is -0.864. The average Bonchev–Trinajstić information content (AvgIpc) is 2.24. The van der Waals surface area contributed by atoms with Gasteiger partial charge in [-0.2, -0.15) is 0 Å². The third-order valence-corrected chi connectivity index (χ3v) is 2.39. The van der Waals surface area contributed by atoms with Gasteiger partial charge in [0.1, 0.15) is 5.82 Å². The zero-order valence-corrected chi connectivity index (χ0v) is 9.86. The van der Waals surface area contributed by atoms with Crippen LogP contribution in [0, 0.1) is 0 Å². The minimum Gasteiger partial charge on any atom is -0.476 e. The van der Waals surface area contributed by atoms with Gasteiger partial charge in [0, 0.05) is 13.1 Å². The van der Waals surface area contributed by atoms with Crippen molar-refractivity contribution in [1.29, 1.82) is 0 Å². The van der Waals surface area contributed by atoms with E-state index in [2.05, 4.69) is 20.0 Å². The Morgan fingerprint density at radius 3 is 2.53 bits per heavy atom. The van der Waals surface area contributed by atoms with E-state index in [0.29, 0.717) is 12.4 Å². The van der Waals surface area contributed by atoms with Crippen molar-refractivity contribution in [3.63, 3.8) is 0 Å². The molecule has 0 aliphatic carbocycles. The number of aromatic nitrogens is 2. The van der Waals surface area contributed by atoms with Crippen molar-refractivity contribution in [2.24, 2.45) is 0 Å². The van der Waals surface area contributed by atoms with Gasteiger partial charge in [0.2, 0.25) is 10.0 Å². The SMILES string of the molecule is CS(=O)(=O)NCCNc1cnc(C(=O)O)cn1. The minimum absolute atomic E-state index is 0.148. The molecule has 0 aliphatic heterocycles. The normalized spacial score (nSPS) is 11.1. The van der Waals surface area contributed by atoms with Crippen molar-refractivity contribution < 1.29 is 18.3 Å². The van der Waals surface area contributed by atoms with E-state index in [4.69, 9.17) is 5.11 Å². The van der Waals surface area contributed by atoms with Gasteiger partial charge in [-0.3, -0.25) is 0 Å². The van der Waals surface area contributed by atoms with Crippen LogP contribution >= 0.6 is 0 Å². The predicted molar refractivity (Wildman–Crippen MR) is 60.3 cm³/mol. The number of carbonyl (C=O) groups is 1. The second-order valence-corrected chi connectivity index (χ2v) is 5.02. The summed E-state index contributed by atoms with van der Waals surface area (Å²) < 4.78 is 23.7. The maximum Gasteiger partial charge on any atom is 0.356 e. The van der Waals surface area contributed by atoms with Crippen LogP contribution in [-0.4, -0.2) is 48.8 Å². The van der Waals surface area contributed by atoms with Crippen LogP contribution in [0.5, 0.6) is 0 Å². The fourth-order valence-corrected chi connectivity index (χ4v) is 1.43. The molecule has 1 rings (SSSR count). The highest BCUT2D eigenvalue weighted by molar-refractivity contribution is 7.88. The van der Waals surface area contributed by atoms with Crippen molar-refractivity contribution in [2.45, 2.75) is 0 Å². The molecular weight excluding hydrogens is 248 g/mol. The average molecular weight is 260 g/mol. The van der Waals surface area contributed by atoms with Crippen molar-refractivity contribution in [2.75, 3.05) is 24.7 Å². The summed E-state index contributed by atoms with van der Waals surface area (Å²) in [5, 5.41) is 11.4. The zero-order chi connectivity index (χ0) is 12.9. The van der Waals surface area contributed by atoms with E-state index in [0.717, 1.165) is 12.5 Å². The summed E-state index contributed by atoms with van der Waals surface area (Å²) in [6.45, 7) is 0.537. The molecule has 0 saturated carbocycles. The lowest BCUT2D eigenvalue weighted by Crippen LogP contribution is -2.27. The number of nitrogens with zero attached hydrogens (tertiary/aromatic N) is 2. The first-order valence-electron chi connectivity index (χ1n) is 4.62. The quantitative estimate of drug-likeness (QED) is 0.569. The van der Waals surface area contributed by atoms with Crippen LogP contribution in [0.15, 0.2) is 12.4 Å². The summed E-state index contributed by atoms with van der Waals surface area (Å²) in [7, 11) is -3.20. The van der Waals surface area contributed by atoms with Crippen LogP contribution in [0.3, 0.4) is 0 Å². The van der Waals surface area contributed by atoms with Gasteiger partial charge in [-0.25, -0.2) is 27.9 Å². The highest BCUT2D eigenvalue weighted by Gasteiger charge is 2.04. The van der Waals surface area contributed by atoms with E-state index < -0.39 is 16.0 Å². The number of hydrogen-bond donors (Lipinski definition) is 3. The summed E-state index contributed by atoms with van der Waals surface area (Å²) in [6, 6.07) is 0. The molecule has 9 heteroatoms. The van der Waals surface area contributed by atoms with E-state index >= 15 is 0 Å². The fraction of sp³-hybridized carbons (Fsp3) is 0.375. The van der Waals surface area contributed by atoms with Gasteiger partial charge in [0.25, 0.3) is 0 Å². The molecule has 17 heavy (non-hydrogen) atoms. The van der Waals surface area contributed by atoms with Gasteiger partial charge >= 0.3 is 5.97 Å². The Hall–Kier alpha value is -1.74. The molecular formula is C8H12N4O4S. The topological polar surface area (TPSA) is 121 Å². The summed E-state index contributed by atoms with van der Waals surface area (Å²) in [6.07, 6.45) is 3.45. The lowest BCUT2D eigenvalue weighted by atomic mass is 10.4. The van der Waals surface area contributed by atoms with Gasteiger partial charge in [-0.05, 0) is 0 Å². The number of aromatic carboxylic acids is 1. The third-order valence-electron chi connectivity index (χ3n) is 1.67. The van der Waals surface area contributed by atoms with Crippen molar-refractivity contribution in [3.8, 4) is 0 Å². The molecule has 1 aromatic rings. The molecule has 0 fully saturated rings. The fourth-order valence-electron chi connectivity index (χ4n) is 0.957. The smallest absolute Gasteiger partial charge is 0.356 e. The molecule has 0 unspecified atom stereocenters. The zero-order valence-electron chi connectivity index (χ0n) is 9.04. The standard InChI is InChI=1S/C8H12N4O4S/c1-17(15,16)12-3-2-9-7-5-10-6(4-11-7)8(13)14/h4-5,12H,2-3H2,1H3,(H,9,11)(H,13,14). The highest BCUT2D eigenvalue weighted by atomic mass is 32.2. The first-order valence-corrected chi connectivity index (χ1v) is 6.51. The van der Waals surface area contributed by atoms with E-state index in [1.165, 1.54) is 6.20 Å². The monoisotopic (exact) mass is 260 g/mol. The van der Waals surface area contributed by atoms with Crippen molar-refractivity contribution in [1.82, 2.24) is 14.7 Å². The largest absolute Gasteiger partial charge is 0.476 e. The number of rotatable bonds is 6. The summed E-state index contributed by atoms with van der Waals surface area (Å²) >= 11 is 0. The number of sulfonamides is 1. The van der Waals surface area contributed by atoms with Gasteiger partial charge in [-0.1, -0.05) is 0 Å². The minimum atomic E-state index is -3.20. The van der Waals surface area contributed by atoms with Crippen LogP contribution in [0.4, 0.5) is 5.82 Å². The molecule has 0 aromatic carbocycles. The van der Waals surface area contributed by atoms with Crippen LogP contribution in [0.1, 0.15) is 10.5 Å². The maximum absolute atomic E-state index is 10.7. The third kappa shape index (κ3) is 5.22. The van der Waals surface area contributed by atoms with E-state index in [-0.39, 0.29) is 12.2 Å². The molecule has 0 radical (unpaired) electrons. The maximum atomic E-state index is 10.7. The number of carboxylic acid groups (broad SMARTS) is 1. The number of anilines is 1. The molecule has 3 N–H and O–H groups in total. The molecule has 0 amide bonds. The number of nitrogens with one attached hydrogen (secondary N) is 2. The van der Waals surface area contributed by atoms with E-state index in [1.807, 2.05) is 0 Å². The highest BCUT2D eigenvalue weighted by Crippen LogP contribution is 1.99.